The van der Waals surface area contributed by atoms with Gasteiger partial charge < -0.3 is 4.74 Å². The third-order valence-electron chi connectivity index (χ3n) is 3.62. The van der Waals surface area contributed by atoms with Crippen molar-refractivity contribution in [3.05, 3.63) is 71.2 Å². The Morgan fingerprint density at radius 3 is 2.54 bits per heavy atom. The van der Waals surface area contributed by atoms with Gasteiger partial charge in [0.25, 0.3) is 5.91 Å². The van der Waals surface area contributed by atoms with Crippen LogP contribution >= 0.6 is 11.3 Å². The third kappa shape index (κ3) is 5.16. The topological polar surface area (TPSA) is 104 Å². The molecule has 1 heterocycles. The monoisotopic (exact) mass is 392 g/mol. The maximum absolute atomic E-state index is 12.0. The fourth-order valence-electron chi connectivity index (χ4n) is 2.31. The molecule has 0 saturated carbocycles. The van der Waals surface area contributed by atoms with Gasteiger partial charge in [-0.25, -0.2) is 4.98 Å². The molecule has 140 valence electrons. The summed E-state index contributed by atoms with van der Waals surface area (Å²) in [6.07, 6.45) is 0.0434. The lowest BCUT2D eigenvalue weighted by Gasteiger charge is -2.09. The van der Waals surface area contributed by atoms with Gasteiger partial charge >= 0.3 is 0 Å². The van der Waals surface area contributed by atoms with E-state index in [2.05, 4.69) is 15.8 Å². The Morgan fingerprint density at radius 1 is 1.04 bits per heavy atom. The van der Waals surface area contributed by atoms with Crippen molar-refractivity contribution in [3.8, 4) is 22.4 Å². The second kappa shape index (κ2) is 9.30. The molecule has 3 aromatic rings. The van der Waals surface area contributed by atoms with E-state index in [4.69, 9.17) is 10.00 Å². The van der Waals surface area contributed by atoms with Crippen LogP contribution in [0, 0.1) is 11.3 Å². The molecular weight excluding hydrogens is 376 g/mol. The Kier molecular flexibility index (Phi) is 6.33. The number of hydrogen-bond donors (Lipinski definition) is 2. The third-order valence-corrected chi connectivity index (χ3v) is 4.56. The van der Waals surface area contributed by atoms with Crippen molar-refractivity contribution in [2.45, 2.75) is 6.42 Å². The number of carbonyl (C=O) groups is 2. The Morgan fingerprint density at radius 2 is 1.75 bits per heavy atom. The lowest BCUT2D eigenvalue weighted by atomic mass is 10.2. The highest BCUT2D eigenvalue weighted by Gasteiger charge is 2.11. The van der Waals surface area contributed by atoms with Crippen LogP contribution in [0.4, 0.5) is 0 Å². The smallest absolute Gasteiger partial charge is 0.276 e. The van der Waals surface area contributed by atoms with Gasteiger partial charge in [-0.2, -0.15) is 5.26 Å². The lowest BCUT2D eigenvalue weighted by Crippen LogP contribution is -2.44. The minimum absolute atomic E-state index is 0.0434. The largest absolute Gasteiger partial charge is 0.482 e. The van der Waals surface area contributed by atoms with Gasteiger partial charge in [0.05, 0.1) is 17.7 Å². The van der Waals surface area contributed by atoms with Gasteiger partial charge in [0.2, 0.25) is 5.91 Å². The number of nitrogens with zero attached hydrogens (tertiary/aromatic N) is 2. The van der Waals surface area contributed by atoms with E-state index < -0.39 is 11.8 Å². The van der Waals surface area contributed by atoms with Crippen molar-refractivity contribution in [2.75, 3.05) is 6.61 Å². The van der Waals surface area contributed by atoms with Crippen LogP contribution < -0.4 is 15.6 Å². The van der Waals surface area contributed by atoms with Crippen LogP contribution in [0.2, 0.25) is 0 Å². The maximum atomic E-state index is 12.0. The Bertz CT molecular complexity index is 1010. The van der Waals surface area contributed by atoms with Crippen molar-refractivity contribution < 1.29 is 14.3 Å². The molecule has 0 aliphatic heterocycles. The van der Waals surface area contributed by atoms with Crippen LogP contribution in [0.15, 0.2) is 60.0 Å². The summed E-state index contributed by atoms with van der Waals surface area (Å²) >= 11 is 1.45. The molecule has 0 saturated heterocycles. The van der Waals surface area contributed by atoms with E-state index in [-0.39, 0.29) is 13.0 Å². The average Bonchev–Trinajstić information content (AvgIpc) is 3.20. The summed E-state index contributed by atoms with van der Waals surface area (Å²) < 4.78 is 5.30. The molecule has 2 aromatic carbocycles. The molecule has 7 nitrogen and oxygen atoms in total. The molecule has 0 fully saturated rings. The standard InChI is InChI=1S/C20H16N4O3S/c21-11-15-8-4-5-9-17(15)27-12-19(26)24-23-18(25)10-16-13-28-20(22-16)14-6-2-1-3-7-14/h1-9,13H,10,12H2,(H,23,25)(H,24,26). The van der Waals surface area contributed by atoms with Crippen molar-refractivity contribution in [2.24, 2.45) is 0 Å². The number of carbonyl (C=O) groups excluding carboxylic acids is 2. The molecule has 0 radical (unpaired) electrons. The lowest BCUT2D eigenvalue weighted by molar-refractivity contribution is -0.129. The predicted octanol–water partition coefficient (Wildman–Crippen LogP) is 2.45. The van der Waals surface area contributed by atoms with Crippen LogP contribution in [0.1, 0.15) is 11.3 Å². The minimum Gasteiger partial charge on any atom is -0.482 e. The summed E-state index contributed by atoms with van der Waals surface area (Å²) in [5.74, 6) is -0.623. The van der Waals surface area contributed by atoms with E-state index in [0.717, 1.165) is 10.6 Å². The molecule has 0 unspecified atom stereocenters. The molecule has 8 heteroatoms. The molecule has 0 aliphatic carbocycles. The second-order valence-electron chi connectivity index (χ2n) is 5.68. The van der Waals surface area contributed by atoms with Crippen molar-refractivity contribution >= 4 is 23.2 Å². The van der Waals surface area contributed by atoms with Crippen molar-refractivity contribution in [1.82, 2.24) is 15.8 Å². The number of nitrogens with one attached hydrogen (secondary N) is 2. The molecule has 0 bridgehead atoms. The Balaban J connectivity index is 1.45. The molecule has 28 heavy (non-hydrogen) atoms. The average molecular weight is 392 g/mol. The van der Waals surface area contributed by atoms with E-state index in [1.165, 1.54) is 11.3 Å². The number of para-hydroxylation sites is 1. The minimum atomic E-state index is -0.538. The van der Waals surface area contributed by atoms with E-state index in [0.29, 0.717) is 17.0 Å². The highest BCUT2D eigenvalue weighted by Crippen LogP contribution is 2.23. The van der Waals surface area contributed by atoms with Gasteiger partial charge in [0.15, 0.2) is 6.61 Å². The molecule has 2 amide bonds. The van der Waals surface area contributed by atoms with E-state index >= 15 is 0 Å². The van der Waals surface area contributed by atoms with Crippen LogP contribution in [0.3, 0.4) is 0 Å². The quantitative estimate of drug-likeness (QED) is 0.627. The summed E-state index contributed by atoms with van der Waals surface area (Å²) in [7, 11) is 0. The number of nitriles is 1. The van der Waals surface area contributed by atoms with Crippen LogP contribution in [0.25, 0.3) is 10.6 Å². The van der Waals surface area contributed by atoms with Gasteiger partial charge in [0.1, 0.15) is 16.8 Å². The number of amides is 2. The van der Waals surface area contributed by atoms with Gasteiger partial charge in [0, 0.05) is 10.9 Å². The number of rotatable bonds is 6. The first-order valence-corrected chi connectivity index (χ1v) is 9.23. The maximum Gasteiger partial charge on any atom is 0.276 e. The summed E-state index contributed by atoms with van der Waals surface area (Å²) in [5.41, 5.74) is 6.54. The number of benzene rings is 2. The fraction of sp³-hybridized carbons (Fsp3) is 0.100. The molecule has 0 spiro atoms. The first kappa shape index (κ1) is 19.1. The van der Waals surface area contributed by atoms with Gasteiger partial charge in [-0.3, -0.25) is 20.4 Å². The molecule has 0 atom stereocenters. The first-order chi connectivity index (χ1) is 13.7. The van der Waals surface area contributed by atoms with Gasteiger partial charge in [-0.1, -0.05) is 42.5 Å². The number of hydrazine groups is 1. The van der Waals surface area contributed by atoms with Crippen molar-refractivity contribution in [1.29, 1.82) is 5.26 Å². The second-order valence-corrected chi connectivity index (χ2v) is 6.54. The Labute approximate surface area is 165 Å². The zero-order valence-electron chi connectivity index (χ0n) is 14.7. The van der Waals surface area contributed by atoms with Gasteiger partial charge in [-0.05, 0) is 12.1 Å². The molecule has 0 aliphatic rings. The summed E-state index contributed by atoms with van der Waals surface area (Å²) in [6, 6.07) is 18.2. The highest BCUT2D eigenvalue weighted by molar-refractivity contribution is 7.13. The molecule has 3 rings (SSSR count). The zero-order valence-corrected chi connectivity index (χ0v) is 15.5. The van der Waals surface area contributed by atoms with E-state index in [1.54, 1.807) is 24.3 Å². The van der Waals surface area contributed by atoms with Crippen LogP contribution in [-0.2, 0) is 16.0 Å². The molecule has 1 aromatic heterocycles. The van der Waals surface area contributed by atoms with Crippen LogP contribution in [0.5, 0.6) is 5.75 Å². The summed E-state index contributed by atoms with van der Waals surface area (Å²) in [5, 5.41) is 11.6. The fourth-order valence-corrected chi connectivity index (χ4v) is 3.14. The van der Waals surface area contributed by atoms with Gasteiger partial charge in [-0.15, -0.1) is 11.3 Å². The Hall–Kier alpha value is -3.70. The molecular formula is C20H16N4O3S. The van der Waals surface area contributed by atoms with Crippen molar-refractivity contribution in [3.63, 3.8) is 0 Å². The summed E-state index contributed by atoms with van der Waals surface area (Å²) in [6.45, 7) is -0.326. The number of thiazole rings is 1. The van der Waals surface area contributed by atoms with Crippen LogP contribution in [-0.4, -0.2) is 23.4 Å². The van der Waals surface area contributed by atoms with E-state index in [1.807, 2.05) is 41.8 Å². The summed E-state index contributed by atoms with van der Waals surface area (Å²) in [4.78, 5) is 28.2. The zero-order chi connectivity index (χ0) is 19.8. The molecule has 2 N–H and O–H groups in total. The number of hydrogen-bond acceptors (Lipinski definition) is 6. The predicted molar refractivity (Wildman–Crippen MR) is 104 cm³/mol. The highest BCUT2D eigenvalue weighted by atomic mass is 32.1. The normalized spacial score (nSPS) is 9.96. The van der Waals surface area contributed by atoms with E-state index in [9.17, 15) is 9.59 Å². The SMILES string of the molecule is N#Cc1ccccc1OCC(=O)NNC(=O)Cc1csc(-c2ccccc2)n1. The number of ether oxygens (including phenoxy) is 1. The number of aromatic nitrogens is 1. The first-order valence-electron chi connectivity index (χ1n) is 8.35.